The first-order chi connectivity index (χ1) is 10.1. The highest BCUT2D eigenvalue weighted by Gasteiger charge is 2.37. The fourth-order valence-corrected chi connectivity index (χ4v) is 3.46. The van der Waals surface area contributed by atoms with Gasteiger partial charge >= 0.3 is 5.97 Å². The number of carbonyl (C=O) groups excluding carboxylic acids is 2. The third-order valence-corrected chi connectivity index (χ3v) is 4.64. The number of rotatable bonds is 1. The molecule has 1 aromatic heterocycles. The lowest BCUT2D eigenvalue weighted by atomic mass is 9.91. The number of aromatic nitrogens is 1. The first-order valence-corrected chi connectivity index (χ1v) is 7.51. The van der Waals surface area contributed by atoms with Gasteiger partial charge in [0.25, 0.3) is 5.91 Å². The molecule has 1 aromatic rings. The van der Waals surface area contributed by atoms with Gasteiger partial charge in [-0.2, -0.15) is 0 Å². The Balaban J connectivity index is 1.89. The molecule has 2 aliphatic rings. The van der Waals surface area contributed by atoms with Crippen LogP contribution in [-0.2, 0) is 16.0 Å². The Bertz CT molecular complexity index is 590. The second kappa shape index (κ2) is 5.64. The number of amides is 1. The van der Waals surface area contributed by atoms with Crippen LogP contribution in [-0.4, -0.2) is 41.5 Å². The van der Waals surface area contributed by atoms with Crippen LogP contribution < -0.4 is 0 Å². The summed E-state index contributed by atoms with van der Waals surface area (Å²) in [6.45, 7) is 0.429. The lowest BCUT2D eigenvalue weighted by Crippen LogP contribution is -2.48. The van der Waals surface area contributed by atoms with Crippen molar-refractivity contribution in [1.29, 1.82) is 0 Å². The van der Waals surface area contributed by atoms with Gasteiger partial charge in [-0.15, -0.1) is 0 Å². The van der Waals surface area contributed by atoms with Crippen molar-refractivity contribution in [2.45, 2.75) is 31.7 Å². The fraction of sp³-hybridized carbons (Fsp3) is 0.533. The third kappa shape index (κ3) is 2.62. The molecule has 2 atom stereocenters. The van der Waals surface area contributed by atoms with Crippen LogP contribution in [0.2, 0.25) is 5.15 Å². The maximum Gasteiger partial charge on any atom is 0.310 e. The molecular formula is C15H17ClN2O3. The molecule has 1 amide bonds. The molecule has 2 unspecified atom stereocenters. The molecule has 0 aliphatic carbocycles. The van der Waals surface area contributed by atoms with Gasteiger partial charge in [-0.25, -0.2) is 4.98 Å². The van der Waals surface area contributed by atoms with Crippen molar-refractivity contribution in [3.8, 4) is 0 Å². The zero-order valence-electron chi connectivity index (χ0n) is 11.8. The van der Waals surface area contributed by atoms with E-state index in [1.807, 2.05) is 4.90 Å². The van der Waals surface area contributed by atoms with Gasteiger partial charge in [0.05, 0.1) is 18.6 Å². The minimum absolute atomic E-state index is 0.0507. The number of carbonyl (C=O) groups is 2. The third-order valence-electron chi connectivity index (χ3n) is 4.44. The second-order valence-corrected chi connectivity index (χ2v) is 6.00. The molecule has 0 spiro atoms. The number of piperidine rings is 1. The average molecular weight is 309 g/mol. The van der Waals surface area contributed by atoms with E-state index in [2.05, 4.69) is 4.98 Å². The largest absolute Gasteiger partial charge is 0.469 e. The average Bonchev–Trinajstić information content (AvgIpc) is 2.63. The molecule has 3 rings (SSSR count). The molecule has 0 aromatic carbocycles. The summed E-state index contributed by atoms with van der Waals surface area (Å²) in [5, 5.41) is 0.411. The van der Waals surface area contributed by atoms with Gasteiger partial charge in [0.15, 0.2) is 0 Å². The number of hydrogen-bond acceptors (Lipinski definition) is 4. The predicted molar refractivity (Wildman–Crippen MR) is 77.1 cm³/mol. The Morgan fingerprint density at radius 1 is 1.43 bits per heavy atom. The van der Waals surface area contributed by atoms with Crippen molar-refractivity contribution >= 4 is 23.5 Å². The molecule has 0 saturated carbocycles. The Morgan fingerprint density at radius 2 is 2.24 bits per heavy atom. The van der Waals surface area contributed by atoms with Crippen LogP contribution in [0.3, 0.4) is 0 Å². The number of nitrogens with zero attached hydrogens (tertiary/aromatic N) is 2. The van der Waals surface area contributed by atoms with E-state index in [1.54, 1.807) is 12.3 Å². The topological polar surface area (TPSA) is 59.5 Å². The van der Waals surface area contributed by atoms with Crippen LogP contribution >= 0.6 is 11.6 Å². The van der Waals surface area contributed by atoms with E-state index in [9.17, 15) is 9.59 Å². The van der Waals surface area contributed by atoms with Gasteiger partial charge in [-0.05, 0) is 37.3 Å². The Kier molecular flexibility index (Phi) is 3.85. The first-order valence-electron chi connectivity index (χ1n) is 7.13. The summed E-state index contributed by atoms with van der Waals surface area (Å²) < 4.78 is 4.81. The number of methoxy groups -OCH3 is 1. The number of pyridine rings is 1. The highest BCUT2D eigenvalue weighted by Crippen LogP contribution is 2.31. The normalized spacial score (nSPS) is 24.9. The minimum Gasteiger partial charge on any atom is -0.469 e. The van der Waals surface area contributed by atoms with E-state index < -0.39 is 0 Å². The molecule has 2 aliphatic heterocycles. The Morgan fingerprint density at radius 3 is 3.00 bits per heavy atom. The van der Waals surface area contributed by atoms with Crippen LogP contribution in [0.25, 0.3) is 0 Å². The lowest BCUT2D eigenvalue weighted by molar-refractivity contribution is -0.147. The van der Waals surface area contributed by atoms with Gasteiger partial charge in [0.2, 0.25) is 0 Å². The van der Waals surface area contributed by atoms with Gasteiger partial charge in [0, 0.05) is 18.8 Å². The van der Waals surface area contributed by atoms with E-state index in [1.165, 1.54) is 7.11 Å². The number of esters is 1. The number of ether oxygens (including phenoxy) is 1. The van der Waals surface area contributed by atoms with E-state index in [4.69, 9.17) is 16.3 Å². The lowest BCUT2D eigenvalue weighted by Gasteiger charge is -2.37. The molecule has 21 heavy (non-hydrogen) atoms. The minimum atomic E-state index is -0.236. The maximum absolute atomic E-state index is 12.7. The van der Waals surface area contributed by atoms with E-state index in [0.29, 0.717) is 17.3 Å². The summed E-state index contributed by atoms with van der Waals surface area (Å²) in [4.78, 5) is 30.3. The molecule has 5 nitrogen and oxygen atoms in total. The molecule has 6 heteroatoms. The van der Waals surface area contributed by atoms with Crippen molar-refractivity contribution in [3.63, 3.8) is 0 Å². The number of hydrogen-bond donors (Lipinski definition) is 0. The molecule has 0 N–H and O–H groups in total. The molecule has 3 heterocycles. The van der Waals surface area contributed by atoms with Crippen molar-refractivity contribution in [1.82, 2.24) is 9.88 Å². The smallest absolute Gasteiger partial charge is 0.310 e. The molecule has 112 valence electrons. The monoisotopic (exact) mass is 308 g/mol. The molecule has 0 radical (unpaired) electrons. The van der Waals surface area contributed by atoms with Gasteiger partial charge in [-0.3, -0.25) is 9.59 Å². The summed E-state index contributed by atoms with van der Waals surface area (Å²) in [6, 6.07) is 1.95. The molecule has 1 saturated heterocycles. The highest BCUT2D eigenvalue weighted by atomic mass is 35.5. The van der Waals surface area contributed by atoms with Crippen molar-refractivity contribution in [2.24, 2.45) is 5.92 Å². The van der Waals surface area contributed by atoms with E-state index in [-0.39, 0.29) is 23.8 Å². The van der Waals surface area contributed by atoms with Crippen LogP contribution in [0.4, 0.5) is 0 Å². The van der Waals surface area contributed by atoms with Crippen molar-refractivity contribution in [2.75, 3.05) is 13.7 Å². The Hall–Kier alpha value is -1.62. The van der Waals surface area contributed by atoms with Crippen molar-refractivity contribution in [3.05, 3.63) is 28.5 Å². The highest BCUT2D eigenvalue weighted by molar-refractivity contribution is 6.29. The predicted octanol–water partition coefficient (Wildman–Crippen LogP) is 2.07. The standard InChI is InChI=1S/C15H17ClN2O3/c1-21-15(20)10-3-5-11-4-2-9-6-13(16)17-7-12(9)14(19)18(11)8-10/h6-7,10-11H,2-5,8H2,1H3. The van der Waals surface area contributed by atoms with Crippen LogP contribution in [0.5, 0.6) is 0 Å². The van der Waals surface area contributed by atoms with Crippen LogP contribution in [0, 0.1) is 5.92 Å². The maximum atomic E-state index is 12.7. The number of halogens is 1. The van der Waals surface area contributed by atoms with Gasteiger partial charge in [0.1, 0.15) is 5.15 Å². The zero-order valence-corrected chi connectivity index (χ0v) is 12.6. The van der Waals surface area contributed by atoms with Crippen LogP contribution in [0.15, 0.2) is 12.3 Å². The summed E-state index contributed by atoms with van der Waals surface area (Å²) in [7, 11) is 1.39. The van der Waals surface area contributed by atoms with Crippen LogP contribution in [0.1, 0.15) is 35.2 Å². The number of aryl methyl sites for hydroxylation is 1. The van der Waals surface area contributed by atoms with Crippen molar-refractivity contribution < 1.29 is 14.3 Å². The summed E-state index contributed by atoms with van der Waals surface area (Å²) >= 11 is 5.92. The van der Waals surface area contributed by atoms with Gasteiger partial charge in [-0.1, -0.05) is 11.6 Å². The fourth-order valence-electron chi connectivity index (χ4n) is 3.28. The second-order valence-electron chi connectivity index (χ2n) is 5.61. The number of fused-ring (bicyclic) bond motifs is 2. The summed E-state index contributed by atoms with van der Waals surface area (Å²) in [5.41, 5.74) is 1.55. The molecule has 1 fully saturated rings. The molecule has 0 bridgehead atoms. The summed E-state index contributed by atoms with van der Waals surface area (Å²) in [6.07, 6.45) is 4.86. The SMILES string of the molecule is COC(=O)C1CCC2CCc3cc(Cl)ncc3C(=O)N2C1. The molecular weight excluding hydrogens is 292 g/mol. The van der Waals surface area contributed by atoms with Gasteiger partial charge < -0.3 is 9.64 Å². The Labute approximate surface area is 128 Å². The first kappa shape index (κ1) is 14.3. The van der Waals surface area contributed by atoms with E-state index in [0.717, 1.165) is 31.2 Å². The quantitative estimate of drug-likeness (QED) is 0.589. The summed E-state index contributed by atoms with van der Waals surface area (Å²) in [5.74, 6) is -0.512. The van der Waals surface area contributed by atoms with E-state index >= 15 is 0 Å². The zero-order chi connectivity index (χ0) is 15.0.